The minimum absolute atomic E-state index is 0.0643. The molecule has 1 aliphatic rings. The molecule has 1 aromatic carbocycles. The number of benzene rings is 1. The van der Waals surface area contributed by atoms with E-state index in [1.54, 1.807) is 32.0 Å². The minimum atomic E-state index is -0.855. The van der Waals surface area contributed by atoms with Gasteiger partial charge in [0, 0.05) is 24.1 Å². The molecule has 172 valence electrons. The minimum Gasteiger partial charge on any atom is -0.868 e. The van der Waals surface area contributed by atoms with E-state index in [0.717, 1.165) is 11.6 Å². The van der Waals surface area contributed by atoms with Gasteiger partial charge in [-0.1, -0.05) is 12.1 Å². The standard InChI is InChI=1S/C23H29N3O5S/c1-13-22(32-14(2)24-13)19(27)17-18(15-9-7-10-16(30-5)21(15)31-6)26(23(29)20(17)28)12-8-11-25(3)4/h7,9-10,18,28H,8,11-12H2,1-6H3. The van der Waals surface area contributed by atoms with Crippen molar-refractivity contribution in [1.29, 1.82) is 0 Å². The number of carbonyl (C=O) groups excluding carboxylic acids is 2. The van der Waals surface area contributed by atoms with Gasteiger partial charge in [-0.15, -0.1) is 11.3 Å². The van der Waals surface area contributed by atoms with Crippen LogP contribution in [0.2, 0.25) is 0 Å². The third kappa shape index (κ3) is 4.35. The topological polar surface area (TPSA) is 96.2 Å². The van der Waals surface area contributed by atoms with Crippen molar-refractivity contribution >= 4 is 23.0 Å². The zero-order valence-corrected chi connectivity index (χ0v) is 20.1. The number of ketones is 1. The van der Waals surface area contributed by atoms with Gasteiger partial charge in [0.25, 0.3) is 0 Å². The zero-order chi connectivity index (χ0) is 23.6. The average Bonchev–Trinajstić information content (AvgIpc) is 3.22. The van der Waals surface area contributed by atoms with Gasteiger partial charge in [0.15, 0.2) is 11.5 Å². The molecule has 2 aromatic rings. The number of Topliss-reactive ketones (excluding diaryl/α,β-unsaturated/α-hetero) is 1. The Hall–Kier alpha value is -2.91. The molecule has 2 heterocycles. The van der Waals surface area contributed by atoms with Crippen molar-refractivity contribution in [1.82, 2.24) is 9.88 Å². The van der Waals surface area contributed by atoms with E-state index in [0.29, 0.717) is 40.6 Å². The molecular formula is C23H29N3O5S. The maximum Gasteiger partial charge on any atom is 0.239 e. The third-order valence-electron chi connectivity index (χ3n) is 5.44. The second-order valence-corrected chi connectivity index (χ2v) is 9.22. The van der Waals surface area contributed by atoms with E-state index in [1.807, 2.05) is 14.1 Å². The van der Waals surface area contributed by atoms with Crippen LogP contribution < -0.4 is 19.5 Å². The summed E-state index contributed by atoms with van der Waals surface area (Å²) in [5.41, 5.74) is 1.03. The molecule has 8 nitrogen and oxygen atoms in total. The number of hydrogen-bond donors (Lipinski definition) is 1. The first-order valence-corrected chi connectivity index (χ1v) is 11.2. The molecule has 1 amide bonds. The number of ether oxygens (including phenoxy) is 2. The van der Waals surface area contributed by atoms with Crippen LogP contribution in [0.3, 0.4) is 0 Å². The Kier molecular flexibility index (Phi) is 7.20. The van der Waals surface area contributed by atoms with Gasteiger partial charge in [0.05, 0.1) is 56.5 Å². The van der Waals surface area contributed by atoms with E-state index in [9.17, 15) is 14.7 Å². The number of aromatic nitrogens is 1. The fraction of sp³-hybridized carbons (Fsp3) is 0.435. The summed E-state index contributed by atoms with van der Waals surface area (Å²) < 4.78 is 11.0. The summed E-state index contributed by atoms with van der Waals surface area (Å²) in [4.78, 5) is 34.0. The van der Waals surface area contributed by atoms with Crippen LogP contribution >= 0.6 is 11.3 Å². The predicted octanol–water partition coefficient (Wildman–Crippen LogP) is 0.692. The summed E-state index contributed by atoms with van der Waals surface area (Å²) in [6, 6.07) is 4.40. The van der Waals surface area contributed by atoms with Crippen LogP contribution in [-0.2, 0) is 4.79 Å². The molecule has 1 atom stereocenters. The van der Waals surface area contributed by atoms with Crippen LogP contribution in [0.15, 0.2) is 29.5 Å². The predicted molar refractivity (Wildman–Crippen MR) is 119 cm³/mol. The lowest BCUT2D eigenvalue weighted by atomic mass is 9.94. The molecule has 0 spiro atoms. The van der Waals surface area contributed by atoms with Gasteiger partial charge in [0.1, 0.15) is 0 Å². The number of quaternary nitrogens is 1. The molecule has 9 heteroatoms. The lowest BCUT2D eigenvalue weighted by Gasteiger charge is -2.29. The first kappa shape index (κ1) is 23.7. The largest absolute Gasteiger partial charge is 0.868 e. The quantitative estimate of drug-likeness (QED) is 0.555. The van der Waals surface area contributed by atoms with E-state index >= 15 is 0 Å². The number of rotatable bonds is 9. The van der Waals surface area contributed by atoms with Crippen molar-refractivity contribution in [2.75, 3.05) is 41.4 Å². The summed E-state index contributed by atoms with van der Waals surface area (Å²) in [5.74, 6) is -1.04. The second kappa shape index (κ2) is 9.70. The van der Waals surface area contributed by atoms with Gasteiger partial charge in [-0.3, -0.25) is 9.59 Å². The van der Waals surface area contributed by atoms with Gasteiger partial charge < -0.3 is 24.4 Å². The van der Waals surface area contributed by atoms with Crippen LogP contribution in [0.1, 0.15) is 38.4 Å². The van der Waals surface area contributed by atoms with Crippen molar-refractivity contribution < 1.29 is 29.1 Å². The highest BCUT2D eigenvalue weighted by molar-refractivity contribution is 7.14. The summed E-state index contributed by atoms with van der Waals surface area (Å²) in [5, 5.41) is 13.9. The van der Waals surface area contributed by atoms with Crippen molar-refractivity contribution in [3.63, 3.8) is 0 Å². The van der Waals surface area contributed by atoms with Gasteiger partial charge in [0.2, 0.25) is 11.7 Å². The SMILES string of the molecule is COc1cccc(C2C(C(=O)c3sc(C)nc3C)=C([O-])C(=O)N2CCC[NH+](C)C)c1OC. The Labute approximate surface area is 192 Å². The normalized spacial score (nSPS) is 16.3. The van der Waals surface area contributed by atoms with Gasteiger partial charge in [-0.05, 0) is 25.7 Å². The lowest BCUT2D eigenvalue weighted by molar-refractivity contribution is -0.858. The van der Waals surface area contributed by atoms with Crippen LogP contribution in [0, 0.1) is 13.8 Å². The molecule has 1 aliphatic heterocycles. The number of carbonyl (C=O) groups is 2. The van der Waals surface area contributed by atoms with Crippen LogP contribution in [0.5, 0.6) is 11.5 Å². The third-order valence-corrected chi connectivity index (χ3v) is 6.51. The molecule has 3 rings (SSSR count). The zero-order valence-electron chi connectivity index (χ0n) is 19.3. The summed E-state index contributed by atoms with van der Waals surface area (Å²) in [7, 11) is 7.06. The monoisotopic (exact) mass is 459 g/mol. The van der Waals surface area contributed by atoms with Crippen LogP contribution in [-0.4, -0.2) is 63.0 Å². The van der Waals surface area contributed by atoms with Gasteiger partial charge >= 0.3 is 0 Å². The van der Waals surface area contributed by atoms with E-state index in [-0.39, 0.29) is 5.57 Å². The number of aryl methyl sites for hydroxylation is 2. The summed E-state index contributed by atoms with van der Waals surface area (Å²) in [6.07, 6.45) is 0.685. The highest BCUT2D eigenvalue weighted by Crippen LogP contribution is 2.45. The smallest absolute Gasteiger partial charge is 0.239 e. The molecule has 0 saturated carbocycles. The van der Waals surface area contributed by atoms with E-state index in [2.05, 4.69) is 4.98 Å². The van der Waals surface area contributed by atoms with Crippen LogP contribution in [0.4, 0.5) is 0 Å². The molecule has 0 radical (unpaired) electrons. The van der Waals surface area contributed by atoms with E-state index in [1.165, 1.54) is 35.4 Å². The molecule has 0 bridgehead atoms. The maximum atomic E-state index is 13.6. The first-order chi connectivity index (χ1) is 15.2. The van der Waals surface area contributed by atoms with Gasteiger partial charge in [-0.25, -0.2) is 4.98 Å². The second-order valence-electron chi connectivity index (χ2n) is 8.01. The molecule has 1 unspecified atom stereocenters. The first-order valence-electron chi connectivity index (χ1n) is 10.4. The number of thiazole rings is 1. The summed E-state index contributed by atoms with van der Waals surface area (Å²) >= 11 is 1.23. The average molecular weight is 460 g/mol. The number of amides is 1. The van der Waals surface area contributed by atoms with Crippen LogP contribution in [0.25, 0.3) is 0 Å². The molecule has 0 saturated heterocycles. The Bertz CT molecular complexity index is 1060. The Balaban J connectivity index is 2.14. The van der Waals surface area contributed by atoms with E-state index < -0.39 is 23.5 Å². The number of hydrogen-bond acceptors (Lipinski definition) is 7. The molecule has 1 N–H and O–H groups in total. The lowest BCUT2D eigenvalue weighted by Crippen LogP contribution is -3.05. The Morgan fingerprint density at radius 3 is 2.53 bits per heavy atom. The Morgan fingerprint density at radius 1 is 1.25 bits per heavy atom. The summed E-state index contributed by atoms with van der Waals surface area (Å²) in [6.45, 7) is 4.70. The number of methoxy groups -OCH3 is 2. The molecule has 32 heavy (non-hydrogen) atoms. The van der Waals surface area contributed by atoms with Crippen molar-refractivity contribution in [3.8, 4) is 11.5 Å². The molecule has 1 aromatic heterocycles. The fourth-order valence-corrected chi connectivity index (χ4v) is 4.89. The maximum absolute atomic E-state index is 13.6. The van der Waals surface area contributed by atoms with Crippen molar-refractivity contribution in [2.45, 2.75) is 26.3 Å². The highest BCUT2D eigenvalue weighted by Gasteiger charge is 2.42. The van der Waals surface area contributed by atoms with E-state index in [4.69, 9.17) is 9.47 Å². The number of para-hydroxylation sites is 1. The van der Waals surface area contributed by atoms with Crippen molar-refractivity contribution in [3.05, 3.63) is 50.7 Å². The van der Waals surface area contributed by atoms with Crippen molar-refractivity contribution in [2.24, 2.45) is 0 Å². The van der Waals surface area contributed by atoms with Gasteiger partial charge in [-0.2, -0.15) is 0 Å². The highest BCUT2D eigenvalue weighted by atomic mass is 32.1. The molecule has 0 fully saturated rings. The molecule has 0 aliphatic carbocycles. The number of nitrogens with one attached hydrogen (secondary N) is 1. The Morgan fingerprint density at radius 2 is 1.97 bits per heavy atom. The fourth-order valence-electron chi connectivity index (χ4n) is 4.02. The number of nitrogens with zero attached hydrogens (tertiary/aromatic N) is 2. The molecular weight excluding hydrogens is 430 g/mol.